The Kier molecular flexibility index (Phi) is 4.89. The average molecular weight is 317 g/mol. The van der Waals surface area contributed by atoms with Crippen LogP contribution in [0.25, 0.3) is 0 Å². The first-order valence-corrected chi connectivity index (χ1v) is 4.36. The molecule has 0 spiro atoms. The molecule has 3 N–H and O–H groups in total. The van der Waals surface area contributed by atoms with E-state index < -0.39 is 0 Å². The first kappa shape index (κ1) is 12.0. The van der Waals surface area contributed by atoms with Crippen LogP contribution in [0.4, 0.5) is 0 Å². The predicted molar refractivity (Wildman–Crippen MR) is 62.4 cm³/mol. The van der Waals surface area contributed by atoms with Crippen LogP contribution in [-0.2, 0) is 0 Å². The minimum atomic E-state index is 0. The molecule has 0 radical (unpaired) electrons. The van der Waals surface area contributed by atoms with Gasteiger partial charge in [-0.15, -0.1) is 12.4 Å². The van der Waals surface area contributed by atoms with E-state index >= 15 is 0 Å². The molecule has 1 rings (SSSR count). The summed E-state index contributed by atoms with van der Waals surface area (Å²) in [4.78, 5) is 0. The number of amidine groups is 1. The first-order chi connectivity index (χ1) is 5.11. The lowest BCUT2D eigenvalue weighted by Gasteiger charge is -2.01. The number of hydrogen-bond donors (Lipinski definition) is 2. The van der Waals surface area contributed by atoms with Gasteiger partial charge in [-0.2, -0.15) is 0 Å². The Bertz CT molecular complexity index is 301. The van der Waals surface area contributed by atoms with Crippen LogP contribution in [0.15, 0.2) is 18.2 Å². The normalized spacial score (nSPS) is 8.83. The summed E-state index contributed by atoms with van der Waals surface area (Å²) in [6, 6.07) is 5.29. The SMILES string of the molecule is Cl.N=C(N)c1cc(Cl)ccc1I. The van der Waals surface area contributed by atoms with E-state index in [4.69, 9.17) is 22.7 Å². The van der Waals surface area contributed by atoms with Crippen molar-refractivity contribution in [3.8, 4) is 0 Å². The zero-order valence-electron chi connectivity index (χ0n) is 5.97. The zero-order chi connectivity index (χ0) is 8.43. The van der Waals surface area contributed by atoms with E-state index in [1.54, 1.807) is 12.1 Å². The number of halogens is 3. The molecule has 0 aliphatic rings. The molecule has 2 nitrogen and oxygen atoms in total. The summed E-state index contributed by atoms with van der Waals surface area (Å²) >= 11 is 7.82. The number of hydrogen-bond acceptors (Lipinski definition) is 1. The second-order valence-electron chi connectivity index (χ2n) is 2.04. The summed E-state index contributed by atoms with van der Waals surface area (Å²) in [6.07, 6.45) is 0. The fourth-order valence-electron chi connectivity index (χ4n) is 0.704. The maximum atomic E-state index is 7.19. The highest BCUT2D eigenvalue weighted by molar-refractivity contribution is 14.1. The van der Waals surface area contributed by atoms with Gasteiger partial charge in [0.25, 0.3) is 0 Å². The Morgan fingerprint density at radius 3 is 2.50 bits per heavy atom. The molecule has 0 aromatic heterocycles. The van der Waals surface area contributed by atoms with Crippen molar-refractivity contribution in [3.63, 3.8) is 0 Å². The molecule has 0 saturated carbocycles. The fourth-order valence-corrected chi connectivity index (χ4v) is 1.50. The maximum absolute atomic E-state index is 7.19. The van der Waals surface area contributed by atoms with Crippen LogP contribution in [0.1, 0.15) is 5.56 Å². The third-order valence-corrected chi connectivity index (χ3v) is 2.39. The Balaban J connectivity index is 0.00000121. The summed E-state index contributed by atoms with van der Waals surface area (Å²) in [6.45, 7) is 0. The van der Waals surface area contributed by atoms with E-state index in [0.29, 0.717) is 10.6 Å². The summed E-state index contributed by atoms with van der Waals surface area (Å²) in [7, 11) is 0. The van der Waals surface area contributed by atoms with Crippen molar-refractivity contribution in [2.75, 3.05) is 0 Å². The number of nitrogen functional groups attached to an aromatic ring is 1. The van der Waals surface area contributed by atoms with Gasteiger partial charge in [-0.3, -0.25) is 5.41 Å². The number of nitrogens with one attached hydrogen (secondary N) is 1. The third kappa shape index (κ3) is 2.80. The van der Waals surface area contributed by atoms with Crippen LogP contribution >= 0.6 is 46.6 Å². The highest BCUT2D eigenvalue weighted by Crippen LogP contribution is 2.16. The number of benzene rings is 1. The molecule has 0 bridgehead atoms. The average Bonchev–Trinajstić information content (AvgIpc) is 1.94. The highest BCUT2D eigenvalue weighted by atomic mass is 127. The van der Waals surface area contributed by atoms with E-state index in [1.807, 2.05) is 6.07 Å². The third-order valence-electron chi connectivity index (χ3n) is 1.22. The van der Waals surface area contributed by atoms with Crippen LogP contribution in [0.2, 0.25) is 5.02 Å². The molecule has 1 aromatic carbocycles. The van der Waals surface area contributed by atoms with Crippen molar-refractivity contribution in [1.29, 1.82) is 5.41 Å². The van der Waals surface area contributed by atoms with Crippen LogP contribution in [-0.4, -0.2) is 5.84 Å². The zero-order valence-corrected chi connectivity index (χ0v) is 9.70. The number of nitrogens with two attached hydrogens (primary N) is 1. The molecule has 0 atom stereocenters. The molecule has 5 heteroatoms. The molecule has 0 heterocycles. The van der Waals surface area contributed by atoms with E-state index in [0.717, 1.165) is 3.57 Å². The number of rotatable bonds is 1. The van der Waals surface area contributed by atoms with Crippen molar-refractivity contribution >= 4 is 52.4 Å². The van der Waals surface area contributed by atoms with Crippen molar-refractivity contribution in [3.05, 3.63) is 32.4 Å². The quantitative estimate of drug-likeness (QED) is 0.467. The largest absolute Gasteiger partial charge is 0.384 e. The summed E-state index contributed by atoms with van der Waals surface area (Å²) in [5.74, 6) is 0.0527. The van der Waals surface area contributed by atoms with E-state index in [-0.39, 0.29) is 18.2 Å². The van der Waals surface area contributed by atoms with Gasteiger partial charge in [0.05, 0.1) is 0 Å². The van der Waals surface area contributed by atoms with Gasteiger partial charge in [-0.05, 0) is 40.8 Å². The van der Waals surface area contributed by atoms with Gasteiger partial charge < -0.3 is 5.73 Å². The lowest BCUT2D eigenvalue weighted by atomic mass is 10.2. The molecular weight excluding hydrogens is 310 g/mol. The predicted octanol–water partition coefficient (Wildman–Crippen LogP) is 2.65. The monoisotopic (exact) mass is 316 g/mol. The molecule has 0 aliphatic heterocycles. The topological polar surface area (TPSA) is 49.9 Å². The van der Waals surface area contributed by atoms with Gasteiger partial charge in [0.1, 0.15) is 5.84 Å². The minimum absolute atomic E-state index is 0. The molecule has 0 amide bonds. The molecule has 0 aliphatic carbocycles. The molecule has 66 valence electrons. The van der Waals surface area contributed by atoms with Crippen LogP contribution in [0, 0.1) is 8.98 Å². The highest BCUT2D eigenvalue weighted by Gasteiger charge is 2.02. The smallest absolute Gasteiger partial charge is 0.123 e. The van der Waals surface area contributed by atoms with Crippen molar-refractivity contribution in [2.45, 2.75) is 0 Å². The molecular formula is C7H7Cl2IN2. The Morgan fingerprint density at radius 2 is 2.08 bits per heavy atom. The standard InChI is InChI=1S/C7H6ClIN2.ClH/c8-4-1-2-6(9)5(3-4)7(10)11;/h1-3H,(H3,10,11);1H. The Hall–Kier alpha value is -0.000000000000000111. The fraction of sp³-hybridized carbons (Fsp3) is 0. The summed E-state index contributed by atoms with van der Waals surface area (Å²) in [5, 5.41) is 7.79. The lowest BCUT2D eigenvalue weighted by molar-refractivity contribution is 1.41. The molecule has 0 saturated heterocycles. The minimum Gasteiger partial charge on any atom is -0.384 e. The molecule has 12 heavy (non-hydrogen) atoms. The van der Waals surface area contributed by atoms with Crippen LogP contribution in [0.5, 0.6) is 0 Å². The lowest BCUT2D eigenvalue weighted by Crippen LogP contribution is -2.12. The van der Waals surface area contributed by atoms with Gasteiger partial charge in [0.15, 0.2) is 0 Å². The van der Waals surface area contributed by atoms with Crippen LogP contribution < -0.4 is 5.73 Å². The molecule has 0 fully saturated rings. The maximum Gasteiger partial charge on any atom is 0.123 e. The van der Waals surface area contributed by atoms with E-state index in [9.17, 15) is 0 Å². The molecule has 0 unspecified atom stereocenters. The summed E-state index contributed by atoms with van der Waals surface area (Å²) < 4.78 is 0.944. The second kappa shape index (κ2) is 4.89. The van der Waals surface area contributed by atoms with Gasteiger partial charge >= 0.3 is 0 Å². The van der Waals surface area contributed by atoms with Crippen LogP contribution in [0.3, 0.4) is 0 Å². The van der Waals surface area contributed by atoms with E-state index in [1.165, 1.54) is 0 Å². The van der Waals surface area contributed by atoms with Gasteiger partial charge in [0, 0.05) is 14.2 Å². The second-order valence-corrected chi connectivity index (χ2v) is 3.64. The van der Waals surface area contributed by atoms with E-state index in [2.05, 4.69) is 22.6 Å². The van der Waals surface area contributed by atoms with Gasteiger partial charge in [-0.25, -0.2) is 0 Å². The van der Waals surface area contributed by atoms with Crippen molar-refractivity contribution < 1.29 is 0 Å². The summed E-state index contributed by atoms with van der Waals surface area (Å²) in [5.41, 5.74) is 6.00. The Labute approximate surface area is 95.5 Å². The van der Waals surface area contributed by atoms with Crippen molar-refractivity contribution in [2.24, 2.45) is 5.73 Å². The first-order valence-electron chi connectivity index (χ1n) is 2.90. The molecule has 1 aromatic rings. The van der Waals surface area contributed by atoms with Gasteiger partial charge in [0.2, 0.25) is 0 Å². The Morgan fingerprint density at radius 1 is 1.50 bits per heavy atom. The van der Waals surface area contributed by atoms with Gasteiger partial charge in [-0.1, -0.05) is 11.6 Å². The van der Waals surface area contributed by atoms with Crippen molar-refractivity contribution in [1.82, 2.24) is 0 Å².